The molecule has 1 aromatic heterocycles. The van der Waals surface area contributed by atoms with E-state index >= 15 is 0 Å². The van der Waals surface area contributed by atoms with Crippen LogP contribution in [0, 0.1) is 10.1 Å². The number of hydrogen-bond acceptors (Lipinski definition) is 6. The zero-order valence-corrected chi connectivity index (χ0v) is 14.7. The van der Waals surface area contributed by atoms with Crippen molar-refractivity contribution in [2.75, 3.05) is 5.73 Å². The molecule has 1 saturated heterocycles. The zero-order valence-electron chi connectivity index (χ0n) is 12.9. The Balaban J connectivity index is 1.69. The number of hydrogen-bond donors (Lipinski definition) is 1. The predicted octanol–water partition coefficient (Wildman–Crippen LogP) is 0.807. The van der Waals surface area contributed by atoms with Crippen LogP contribution in [-0.4, -0.2) is 41.7 Å². The van der Waals surface area contributed by atoms with Crippen molar-refractivity contribution < 1.29 is 14.1 Å². The first kappa shape index (κ1) is 17.5. The van der Waals surface area contributed by atoms with Gasteiger partial charge in [-0.3, -0.25) is 0 Å². The molecular weight excluding hydrogens is 398 g/mol. The van der Waals surface area contributed by atoms with Crippen molar-refractivity contribution in [2.24, 2.45) is 0 Å². The van der Waals surface area contributed by atoms with Crippen molar-refractivity contribution in [1.29, 1.82) is 0 Å². The number of nitrogen functional groups attached to an aromatic ring is 1. The van der Waals surface area contributed by atoms with Gasteiger partial charge in [0.2, 0.25) is 0 Å². The number of anilines is 1. The van der Waals surface area contributed by atoms with Gasteiger partial charge in [0, 0.05) is 0 Å². The third-order valence-corrected chi connectivity index (χ3v) is 6.20. The van der Waals surface area contributed by atoms with Gasteiger partial charge >= 0.3 is 148 Å². The molecule has 0 aliphatic carbocycles. The van der Waals surface area contributed by atoms with E-state index in [1.807, 2.05) is 0 Å². The van der Waals surface area contributed by atoms with Crippen LogP contribution in [0.3, 0.4) is 0 Å². The molecule has 1 aliphatic rings. The Morgan fingerprint density at radius 1 is 1.44 bits per heavy atom. The van der Waals surface area contributed by atoms with E-state index < -0.39 is 29.1 Å². The molecule has 0 radical (unpaired) electrons. The van der Waals surface area contributed by atoms with Crippen LogP contribution < -0.4 is 15.9 Å². The molecular formula is C15H15FN4O4Se. The molecule has 0 spiro atoms. The molecule has 3 rings (SSSR count). The van der Waals surface area contributed by atoms with E-state index in [0.717, 1.165) is 0 Å². The van der Waals surface area contributed by atoms with Gasteiger partial charge in [-0.05, 0) is 0 Å². The minimum absolute atomic E-state index is 0.0309. The zero-order chi connectivity index (χ0) is 18.0. The quantitative estimate of drug-likeness (QED) is 0.441. The number of nitrogens with zero attached hydrogens (tertiary/aromatic N) is 3. The van der Waals surface area contributed by atoms with Gasteiger partial charge in [0.1, 0.15) is 0 Å². The van der Waals surface area contributed by atoms with Crippen LogP contribution in [0.15, 0.2) is 41.3 Å². The number of nitrogens with two attached hydrogens (primary N) is 1. The van der Waals surface area contributed by atoms with E-state index in [9.17, 15) is 19.3 Å². The van der Waals surface area contributed by atoms with Crippen LogP contribution in [0.4, 0.5) is 15.9 Å². The second-order valence-electron chi connectivity index (χ2n) is 5.46. The second-order valence-corrected chi connectivity index (χ2v) is 7.69. The summed E-state index contributed by atoms with van der Waals surface area (Å²) in [6.07, 6.45) is -1.25. The molecule has 3 atom stereocenters. The van der Waals surface area contributed by atoms with Crippen molar-refractivity contribution in [3.05, 3.63) is 57.1 Å². The molecule has 0 saturated carbocycles. The number of aromatic nitrogens is 2. The molecule has 2 N–H and O–H groups in total. The van der Waals surface area contributed by atoms with Gasteiger partial charge in [0.05, 0.1) is 0 Å². The van der Waals surface area contributed by atoms with E-state index in [1.165, 1.54) is 22.9 Å². The fraction of sp³-hybridized carbons (Fsp3) is 0.333. The molecule has 25 heavy (non-hydrogen) atoms. The number of nitro benzene ring substituents is 1. The van der Waals surface area contributed by atoms with Gasteiger partial charge in [-0.2, -0.15) is 0 Å². The summed E-state index contributed by atoms with van der Waals surface area (Å²) in [5.41, 5.74) is 4.88. The minimum atomic E-state index is -1.25. The average molecular weight is 413 g/mol. The third kappa shape index (κ3) is 3.87. The van der Waals surface area contributed by atoms with E-state index in [4.69, 9.17) is 10.5 Å². The molecule has 1 aliphatic heterocycles. The van der Waals surface area contributed by atoms with Crippen LogP contribution in [0.1, 0.15) is 12.6 Å². The van der Waals surface area contributed by atoms with Crippen molar-refractivity contribution in [3.8, 4) is 0 Å². The standard InChI is InChI=1S/C15H15FN4O4Se/c16-9-7-14(19-6-5-13(17)18-15(19)21)24-11(9)8-25-12-4-2-1-3-10(12)20(22)23/h1-6,9,11,14H,7-8H2,(H2,17,18,21)/t9?,11-,14-/m1/s1. The fourth-order valence-electron chi connectivity index (χ4n) is 2.56. The molecule has 0 amide bonds. The Morgan fingerprint density at radius 2 is 2.20 bits per heavy atom. The summed E-state index contributed by atoms with van der Waals surface area (Å²) >= 11 is -0.322. The normalized spacial score (nSPS) is 22.8. The fourth-order valence-corrected chi connectivity index (χ4v) is 4.86. The maximum atomic E-state index is 14.3. The van der Waals surface area contributed by atoms with Crippen LogP contribution in [-0.2, 0) is 4.74 Å². The van der Waals surface area contributed by atoms with Crippen molar-refractivity contribution >= 4 is 30.9 Å². The molecule has 1 aromatic carbocycles. The predicted molar refractivity (Wildman–Crippen MR) is 89.6 cm³/mol. The van der Waals surface area contributed by atoms with E-state index in [2.05, 4.69) is 4.98 Å². The number of rotatable bonds is 5. The van der Waals surface area contributed by atoms with Crippen molar-refractivity contribution in [1.82, 2.24) is 9.55 Å². The summed E-state index contributed by atoms with van der Waals surface area (Å²) in [5, 5.41) is 11.4. The summed E-state index contributed by atoms with van der Waals surface area (Å²) in [7, 11) is 0. The topological polar surface area (TPSA) is 113 Å². The first-order valence-electron chi connectivity index (χ1n) is 7.46. The Morgan fingerprint density at radius 3 is 2.92 bits per heavy atom. The summed E-state index contributed by atoms with van der Waals surface area (Å²) in [5.74, 6) is 0.0901. The van der Waals surface area contributed by atoms with Crippen molar-refractivity contribution in [3.63, 3.8) is 0 Å². The van der Waals surface area contributed by atoms with Crippen LogP contribution in [0.5, 0.6) is 0 Å². The Bertz CT molecular complexity index is 846. The molecule has 10 heteroatoms. The molecule has 1 fully saturated rings. The van der Waals surface area contributed by atoms with Crippen LogP contribution >= 0.6 is 0 Å². The number of ether oxygens (including phenoxy) is 1. The third-order valence-electron chi connectivity index (χ3n) is 3.79. The Hall–Kier alpha value is -2.29. The number of para-hydroxylation sites is 1. The van der Waals surface area contributed by atoms with Crippen LogP contribution in [0.2, 0.25) is 5.32 Å². The van der Waals surface area contributed by atoms with Gasteiger partial charge in [-0.15, -0.1) is 0 Å². The first-order chi connectivity index (χ1) is 12.0. The van der Waals surface area contributed by atoms with E-state index in [0.29, 0.717) is 9.78 Å². The van der Waals surface area contributed by atoms with Crippen LogP contribution in [0.25, 0.3) is 0 Å². The van der Waals surface area contributed by atoms with E-state index in [1.54, 1.807) is 18.2 Å². The second kappa shape index (κ2) is 7.30. The van der Waals surface area contributed by atoms with Gasteiger partial charge < -0.3 is 0 Å². The van der Waals surface area contributed by atoms with Gasteiger partial charge in [-0.1, -0.05) is 0 Å². The Kier molecular flexibility index (Phi) is 5.12. The summed E-state index contributed by atoms with van der Waals surface area (Å²) < 4.78 is 21.7. The van der Waals surface area contributed by atoms with Crippen molar-refractivity contribution in [2.45, 2.75) is 30.2 Å². The molecule has 8 nitrogen and oxygen atoms in total. The molecule has 0 bridgehead atoms. The number of halogens is 1. The first-order valence-corrected chi connectivity index (χ1v) is 9.53. The summed E-state index contributed by atoms with van der Waals surface area (Å²) in [6, 6.07) is 7.87. The van der Waals surface area contributed by atoms with E-state index in [-0.39, 0.29) is 32.9 Å². The van der Waals surface area contributed by atoms with Gasteiger partial charge in [-0.25, -0.2) is 0 Å². The Labute approximate surface area is 148 Å². The monoisotopic (exact) mass is 414 g/mol. The SMILES string of the molecule is Nc1ccn([C@H]2CC(F)[C@@H](C[Se]c3ccccc3[N+](=O)[O-])O2)c(=O)n1. The number of nitro groups is 1. The summed E-state index contributed by atoms with van der Waals surface area (Å²) in [4.78, 5) is 26.0. The van der Waals surface area contributed by atoms with Gasteiger partial charge in [0.25, 0.3) is 0 Å². The molecule has 2 heterocycles. The average Bonchev–Trinajstić information content (AvgIpc) is 2.93. The summed E-state index contributed by atoms with van der Waals surface area (Å²) in [6.45, 7) is 0. The molecule has 132 valence electrons. The van der Waals surface area contributed by atoms with Gasteiger partial charge in [0.15, 0.2) is 0 Å². The number of benzene rings is 1. The number of alkyl halides is 1. The molecule has 1 unspecified atom stereocenters. The maximum absolute atomic E-state index is 14.3. The molecule has 2 aromatic rings.